The Kier molecular flexibility index (Phi) is 3.51. The maximum Gasteiger partial charge on any atom is 0.272 e. The van der Waals surface area contributed by atoms with Crippen molar-refractivity contribution in [3.8, 4) is 5.88 Å². The number of rotatable bonds is 5. The highest BCUT2D eigenvalue weighted by molar-refractivity contribution is 5.93. The van der Waals surface area contributed by atoms with Gasteiger partial charge in [-0.3, -0.25) is 9.48 Å². The van der Waals surface area contributed by atoms with Gasteiger partial charge in [0, 0.05) is 31.5 Å². The summed E-state index contributed by atoms with van der Waals surface area (Å²) in [5.41, 5.74) is 1.40. The zero-order valence-corrected chi connectivity index (χ0v) is 13.0. The lowest BCUT2D eigenvalue weighted by atomic mass is 10.2. The van der Waals surface area contributed by atoms with Gasteiger partial charge >= 0.3 is 0 Å². The molecule has 0 radical (unpaired) electrons. The lowest BCUT2D eigenvalue weighted by molar-refractivity contribution is 0.0602. The van der Waals surface area contributed by atoms with Crippen LogP contribution in [0.5, 0.6) is 5.88 Å². The van der Waals surface area contributed by atoms with Gasteiger partial charge in [-0.2, -0.15) is 0 Å². The number of aromatic nitrogens is 2. The van der Waals surface area contributed by atoms with E-state index in [1.165, 1.54) is 4.90 Å². The number of halogens is 2. The molecular weight excluding hydrogens is 316 g/mol. The highest BCUT2D eigenvalue weighted by atomic mass is 19.3. The van der Waals surface area contributed by atoms with E-state index >= 15 is 0 Å². The van der Waals surface area contributed by atoms with Crippen LogP contribution >= 0.6 is 0 Å². The lowest BCUT2D eigenvalue weighted by Gasteiger charge is -2.27. The number of nitrogens with zero attached hydrogens (tertiary/aromatic N) is 3. The topological polar surface area (TPSA) is 47.4 Å². The number of hydrogen-bond acceptors (Lipinski definition) is 3. The molecule has 0 spiro atoms. The van der Waals surface area contributed by atoms with Crippen molar-refractivity contribution in [2.75, 3.05) is 13.1 Å². The normalized spacial score (nSPS) is 21.5. The first-order valence-electron chi connectivity index (χ1n) is 7.94. The molecule has 1 saturated carbocycles. The van der Waals surface area contributed by atoms with E-state index in [-0.39, 0.29) is 18.9 Å². The molecule has 7 heteroatoms. The number of fused-ring (bicyclic) bond motifs is 1. The molecule has 1 aromatic heterocycles. The van der Waals surface area contributed by atoms with Gasteiger partial charge in [-0.05, 0) is 5.56 Å². The summed E-state index contributed by atoms with van der Waals surface area (Å²) in [6.45, 7) is 1.37. The largest absolute Gasteiger partial charge is 0.472 e. The Hall–Kier alpha value is -2.44. The van der Waals surface area contributed by atoms with Crippen LogP contribution in [0.1, 0.15) is 22.5 Å². The molecule has 2 heterocycles. The average Bonchev–Trinajstić information content (AvgIpc) is 2.98. The Balaban J connectivity index is 1.42. The van der Waals surface area contributed by atoms with E-state index in [1.807, 2.05) is 30.3 Å². The van der Waals surface area contributed by atoms with Crippen LogP contribution in [0.2, 0.25) is 0 Å². The monoisotopic (exact) mass is 333 g/mol. The number of alkyl halides is 2. The molecule has 1 aliphatic heterocycles. The van der Waals surface area contributed by atoms with Gasteiger partial charge in [0.25, 0.3) is 11.8 Å². The summed E-state index contributed by atoms with van der Waals surface area (Å²) < 4.78 is 33.3. The second kappa shape index (κ2) is 5.58. The predicted octanol–water partition coefficient (Wildman–Crippen LogP) is 2.57. The molecule has 24 heavy (non-hydrogen) atoms. The van der Waals surface area contributed by atoms with Crippen molar-refractivity contribution >= 4 is 5.91 Å². The van der Waals surface area contributed by atoms with Gasteiger partial charge < -0.3 is 9.64 Å². The zero-order valence-electron chi connectivity index (χ0n) is 13.0. The number of carbonyl (C=O) groups is 1. The third kappa shape index (κ3) is 2.86. The fourth-order valence-corrected chi connectivity index (χ4v) is 2.92. The SMILES string of the molecule is O=C1c2cc(OCc3ccccc3)nn2CCN1CC1CC1(F)F. The molecule has 0 saturated heterocycles. The molecule has 1 fully saturated rings. The van der Waals surface area contributed by atoms with E-state index in [0.717, 1.165) is 5.56 Å². The molecule has 126 valence electrons. The minimum absolute atomic E-state index is 0.108. The van der Waals surface area contributed by atoms with Gasteiger partial charge in [0.15, 0.2) is 0 Å². The van der Waals surface area contributed by atoms with Crippen molar-refractivity contribution in [2.45, 2.75) is 25.5 Å². The summed E-state index contributed by atoms with van der Waals surface area (Å²) in [5.74, 6) is -3.20. The van der Waals surface area contributed by atoms with Crippen molar-refractivity contribution < 1.29 is 18.3 Å². The Morgan fingerprint density at radius 3 is 2.71 bits per heavy atom. The maximum absolute atomic E-state index is 13.1. The van der Waals surface area contributed by atoms with E-state index in [9.17, 15) is 13.6 Å². The molecule has 1 atom stereocenters. The third-order valence-corrected chi connectivity index (χ3v) is 4.47. The summed E-state index contributed by atoms with van der Waals surface area (Å²) in [6, 6.07) is 11.2. The molecule has 5 nitrogen and oxygen atoms in total. The third-order valence-electron chi connectivity index (χ3n) is 4.47. The van der Waals surface area contributed by atoms with Crippen molar-refractivity contribution in [1.29, 1.82) is 0 Å². The van der Waals surface area contributed by atoms with Crippen LogP contribution in [0.3, 0.4) is 0 Å². The van der Waals surface area contributed by atoms with Gasteiger partial charge in [-0.15, -0.1) is 5.10 Å². The molecule has 2 aromatic rings. The predicted molar refractivity (Wildman–Crippen MR) is 82.0 cm³/mol. The first-order valence-corrected chi connectivity index (χ1v) is 7.94. The molecule has 1 aromatic carbocycles. The fraction of sp³-hybridized carbons (Fsp3) is 0.412. The summed E-state index contributed by atoms with van der Waals surface area (Å²) in [6.07, 6.45) is -0.124. The fourth-order valence-electron chi connectivity index (χ4n) is 2.92. The first-order chi connectivity index (χ1) is 11.5. The van der Waals surface area contributed by atoms with Crippen LogP contribution in [0.25, 0.3) is 0 Å². The number of ether oxygens (including phenoxy) is 1. The van der Waals surface area contributed by atoms with Gasteiger partial charge in [-0.25, -0.2) is 8.78 Å². The zero-order chi connectivity index (χ0) is 16.7. The number of carbonyl (C=O) groups excluding carboxylic acids is 1. The van der Waals surface area contributed by atoms with Crippen molar-refractivity contribution in [1.82, 2.24) is 14.7 Å². The molecule has 1 unspecified atom stereocenters. The highest BCUT2D eigenvalue weighted by Gasteiger charge is 2.57. The molecule has 0 bridgehead atoms. The molecule has 1 aliphatic carbocycles. The summed E-state index contributed by atoms with van der Waals surface area (Å²) in [5, 5.41) is 4.27. The minimum atomic E-state index is -2.61. The quantitative estimate of drug-likeness (QED) is 0.845. The Bertz CT molecular complexity index is 760. The molecule has 2 aliphatic rings. The van der Waals surface area contributed by atoms with Crippen LogP contribution in [0, 0.1) is 5.92 Å². The second-order valence-corrected chi connectivity index (χ2v) is 6.28. The molecule has 1 amide bonds. The number of amides is 1. The van der Waals surface area contributed by atoms with Crippen molar-refractivity contribution in [2.24, 2.45) is 5.92 Å². The van der Waals surface area contributed by atoms with E-state index in [1.54, 1.807) is 10.7 Å². The highest BCUT2D eigenvalue weighted by Crippen LogP contribution is 2.49. The number of hydrogen-bond donors (Lipinski definition) is 0. The van der Waals surface area contributed by atoms with Crippen LogP contribution in [0.15, 0.2) is 36.4 Å². The molecule has 4 rings (SSSR count). The standard InChI is InChI=1S/C17H17F2N3O2/c18-17(19)9-13(17)10-21-6-7-22-14(16(21)23)8-15(20-22)24-11-12-4-2-1-3-5-12/h1-5,8,13H,6-7,9-11H2. The summed E-state index contributed by atoms with van der Waals surface area (Å²) >= 11 is 0. The number of benzene rings is 1. The molecule has 0 N–H and O–H groups in total. The smallest absolute Gasteiger partial charge is 0.272 e. The second-order valence-electron chi connectivity index (χ2n) is 6.28. The summed E-state index contributed by atoms with van der Waals surface area (Å²) in [4.78, 5) is 13.9. The van der Waals surface area contributed by atoms with E-state index in [2.05, 4.69) is 5.10 Å². The van der Waals surface area contributed by atoms with Gasteiger partial charge in [0.2, 0.25) is 5.88 Å². The van der Waals surface area contributed by atoms with Crippen molar-refractivity contribution in [3.05, 3.63) is 47.7 Å². The van der Waals surface area contributed by atoms with E-state index in [4.69, 9.17) is 4.74 Å². The summed E-state index contributed by atoms with van der Waals surface area (Å²) in [7, 11) is 0. The lowest BCUT2D eigenvalue weighted by Crippen LogP contribution is -2.41. The van der Waals surface area contributed by atoms with Gasteiger partial charge in [-0.1, -0.05) is 30.3 Å². The van der Waals surface area contributed by atoms with Gasteiger partial charge in [0.1, 0.15) is 12.3 Å². The van der Waals surface area contributed by atoms with Crippen LogP contribution < -0.4 is 4.74 Å². The van der Waals surface area contributed by atoms with Gasteiger partial charge in [0.05, 0.1) is 6.54 Å². The van der Waals surface area contributed by atoms with Crippen LogP contribution in [-0.4, -0.2) is 39.6 Å². The van der Waals surface area contributed by atoms with E-state index < -0.39 is 11.8 Å². The molecular formula is C17H17F2N3O2. The average molecular weight is 333 g/mol. The maximum atomic E-state index is 13.1. The Labute approximate surface area is 137 Å². The Morgan fingerprint density at radius 2 is 2.00 bits per heavy atom. The minimum Gasteiger partial charge on any atom is -0.472 e. The van der Waals surface area contributed by atoms with Crippen LogP contribution in [-0.2, 0) is 13.2 Å². The Morgan fingerprint density at radius 1 is 1.25 bits per heavy atom. The van der Waals surface area contributed by atoms with Crippen molar-refractivity contribution in [3.63, 3.8) is 0 Å². The first kappa shape index (κ1) is 15.1. The van der Waals surface area contributed by atoms with Crippen LogP contribution in [0.4, 0.5) is 8.78 Å². The van der Waals surface area contributed by atoms with E-state index in [0.29, 0.717) is 31.3 Å².